The molecule has 1 amide bonds. The average Bonchev–Trinajstić information content (AvgIpc) is 2.43. The summed E-state index contributed by atoms with van der Waals surface area (Å²) in [7, 11) is 4.10. The molecular formula is C17H27N3O. The van der Waals surface area contributed by atoms with E-state index in [4.69, 9.17) is 0 Å². The van der Waals surface area contributed by atoms with Crippen molar-refractivity contribution in [2.24, 2.45) is 0 Å². The van der Waals surface area contributed by atoms with Gasteiger partial charge in [0, 0.05) is 42.1 Å². The minimum Gasteiger partial charge on any atom is -0.339 e. The number of carbonyl (C=O) groups excluding carboxylic acids is 1. The Kier molecular flexibility index (Phi) is 4.11. The third-order valence-electron chi connectivity index (χ3n) is 5.08. The van der Waals surface area contributed by atoms with Crippen molar-refractivity contribution in [2.45, 2.75) is 57.7 Å². The Morgan fingerprint density at radius 2 is 1.67 bits per heavy atom. The third-order valence-corrected chi connectivity index (χ3v) is 5.08. The molecule has 0 aliphatic carbocycles. The molecule has 1 aliphatic rings. The predicted molar refractivity (Wildman–Crippen MR) is 85.3 cm³/mol. The molecule has 1 saturated heterocycles. The summed E-state index contributed by atoms with van der Waals surface area (Å²) in [5.41, 5.74) is 0.875. The molecule has 116 valence electrons. The van der Waals surface area contributed by atoms with Crippen molar-refractivity contribution in [2.75, 3.05) is 14.1 Å². The minimum absolute atomic E-state index is 0.0820. The molecule has 4 heteroatoms. The summed E-state index contributed by atoms with van der Waals surface area (Å²) >= 11 is 0. The molecule has 2 heterocycles. The van der Waals surface area contributed by atoms with E-state index in [2.05, 4.69) is 44.6 Å². The van der Waals surface area contributed by atoms with Gasteiger partial charge >= 0.3 is 0 Å². The maximum absolute atomic E-state index is 12.6. The maximum atomic E-state index is 12.6. The van der Waals surface area contributed by atoms with Crippen molar-refractivity contribution < 1.29 is 4.79 Å². The summed E-state index contributed by atoms with van der Waals surface area (Å²) in [6.45, 7) is 9.02. The number of likely N-dealkylation sites (tertiary alicyclic amines) is 1. The number of pyridine rings is 1. The van der Waals surface area contributed by atoms with Gasteiger partial charge in [-0.3, -0.25) is 14.7 Å². The van der Waals surface area contributed by atoms with Gasteiger partial charge in [0.15, 0.2) is 0 Å². The second-order valence-corrected chi connectivity index (χ2v) is 7.40. The number of nitrogens with zero attached hydrogens (tertiary/aromatic N) is 3. The highest BCUT2D eigenvalue weighted by Crippen LogP contribution is 2.38. The fraction of sp³-hybridized carbons (Fsp3) is 0.647. The van der Waals surface area contributed by atoms with Crippen LogP contribution in [0.2, 0.25) is 0 Å². The zero-order chi connectivity index (χ0) is 15.8. The van der Waals surface area contributed by atoms with Crippen molar-refractivity contribution in [1.82, 2.24) is 14.8 Å². The highest BCUT2D eigenvalue weighted by molar-refractivity contribution is 5.94. The first kappa shape index (κ1) is 16.0. The van der Waals surface area contributed by atoms with Gasteiger partial charge in [-0.2, -0.15) is 0 Å². The molecule has 1 aromatic rings. The monoisotopic (exact) mass is 289 g/mol. The van der Waals surface area contributed by atoms with Crippen molar-refractivity contribution in [3.8, 4) is 0 Å². The maximum Gasteiger partial charge on any atom is 0.253 e. The summed E-state index contributed by atoms with van der Waals surface area (Å²) in [4.78, 5) is 21.0. The molecule has 0 N–H and O–H groups in total. The Morgan fingerprint density at radius 3 is 2.14 bits per heavy atom. The van der Waals surface area contributed by atoms with Crippen LogP contribution in [0.25, 0.3) is 0 Å². The lowest BCUT2D eigenvalue weighted by atomic mass is 9.77. The van der Waals surface area contributed by atoms with Crippen LogP contribution in [0.1, 0.15) is 50.9 Å². The van der Waals surface area contributed by atoms with Crippen LogP contribution >= 0.6 is 0 Å². The first-order chi connectivity index (χ1) is 9.65. The number of amides is 1. The molecule has 1 aliphatic heterocycles. The average molecular weight is 289 g/mol. The largest absolute Gasteiger partial charge is 0.339 e. The molecule has 0 radical (unpaired) electrons. The molecule has 0 aromatic carbocycles. The Bertz CT molecular complexity index is 492. The first-order valence-electron chi connectivity index (χ1n) is 7.56. The Hall–Kier alpha value is -1.42. The van der Waals surface area contributed by atoms with Gasteiger partial charge in [-0.1, -0.05) is 0 Å². The number of hydrogen-bond donors (Lipinski definition) is 0. The molecule has 0 saturated carbocycles. The van der Waals surface area contributed by atoms with Gasteiger partial charge in [-0.25, -0.2) is 0 Å². The molecule has 1 fully saturated rings. The summed E-state index contributed by atoms with van der Waals surface area (Å²) < 4.78 is 0. The van der Waals surface area contributed by atoms with Crippen LogP contribution in [0.5, 0.6) is 0 Å². The topological polar surface area (TPSA) is 36.4 Å². The molecule has 0 unspecified atom stereocenters. The zero-order valence-electron chi connectivity index (χ0n) is 14.1. The Labute approximate surface area is 128 Å². The fourth-order valence-electron chi connectivity index (χ4n) is 3.46. The normalized spacial score (nSPS) is 22.0. The van der Waals surface area contributed by atoms with Crippen LogP contribution in [-0.2, 0) is 0 Å². The zero-order valence-corrected chi connectivity index (χ0v) is 14.1. The van der Waals surface area contributed by atoms with Crippen LogP contribution < -0.4 is 0 Å². The number of hydrogen-bond acceptors (Lipinski definition) is 3. The standard InChI is InChI=1S/C17H27N3O/c1-16(2)11-14(12-17(3,4)20(16)6)19(5)15(21)13-7-9-18-10-8-13/h7-10,14H,11-12H2,1-6H3. The van der Waals surface area contributed by atoms with Gasteiger partial charge in [0.1, 0.15) is 0 Å². The van der Waals surface area contributed by atoms with Crippen molar-refractivity contribution >= 4 is 5.91 Å². The predicted octanol–water partition coefficient (Wildman–Crippen LogP) is 2.81. The van der Waals surface area contributed by atoms with E-state index in [0.29, 0.717) is 5.56 Å². The van der Waals surface area contributed by atoms with Crippen LogP contribution in [0.3, 0.4) is 0 Å². The van der Waals surface area contributed by atoms with E-state index in [1.807, 2.05) is 11.9 Å². The van der Waals surface area contributed by atoms with Gasteiger partial charge in [-0.15, -0.1) is 0 Å². The van der Waals surface area contributed by atoms with Crippen molar-refractivity contribution in [1.29, 1.82) is 0 Å². The number of rotatable bonds is 2. The van der Waals surface area contributed by atoms with Crippen LogP contribution in [-0.4, -0.2) is 51.9 Å². The van der Waals surface area contributed by atoms with Gasteiger partial charge in [-0.05, 0) is 59.7 Å². The van der Waals surface area contributed by atoms with E-state index in [1.165, 1.54) is 0 Å². The lowest BCUT2D eigenvalue weighted by Crippen LogP contribution is -2.62. The first-order valence-corrected chi connectivity index (χ1v) is 7.56. The molecule has 1 aromatic heterocycles. The fourth-order valence-corrected chi connectivity index (χ4v) is 3.46. The number of aromatic nitrogens is 1. The van der Waals surface area contributed by atoms with E-state index < -0.39 is 0 Å². The summed E-state index contributed by atoms with van der Waals surface area (Å²) in [5, 5.41) is 0. The van der Waals surface area contributed by atoms with Crippen LogP contribution in [0, 0.1) is 0 Å². The van der Waals surface area contributed by atoms with Crippen LogP contribution in [0.4, 0.5) is 0 Å². The lowest BCUT2D eigenvalue weighted by Gasteiger charge is -2.55. The van der Waals surface area contributed by atoms with E-state index in [9.17, 15) is 4.79 Å². The summed E-state index contributed by atoms with van der Waals surface area (Å²) in [6.07, 6.45) is 5.31. The molecular weight excluding hydrogens is 262 g/mol. The van der Waals surface area contributed by atoms with E-state index in [0.717, 1.165) is 12.8 Å². The SMILES string of the molecule is CN(C(=O)c1ccncc1)C1CC(C)(C)N(C)C(C)(C)C1. The molecule has 2 rings (SSSR count). The molecule has 0 bridgehead atoms. The third kappa shape index (κ3) is 3.10. The van der Waals surface area contributed by atoms with E-state index in [-0.39, 0.29) is 23.0 Å². The molecule has 0 atom stereocenters. The molecule has 21 heavy (non-hydrogen) atoms. The van der Waals surface area contributed by atoms with Crippen molar-refractivity contribution in [3.63, 3.8) is 0 Å². The van der Waals surface area contributed by atoms with Gasteiger partial charge in [0.25, 0.3) is 5.91 Å². The van der Waals surface area contributed by atoms with Gasteiger partial charge in [0.05, 0.1) is 0 Å². The lowest BCUT2D eigenvalue weighted by molar-refractivity contribution is -0.0376. The number of carbonyl (C=O) groups is 1. The Balaban J connectivity index is 2.20. The molecule has 0 spiro atoms. The van der Waals surface area contributed by atoms with E-state index >= 15 is 0 Å². The summed E-state index contributed by atoms with van der Waals surface area (Å²) in [5.74, 6) is 0.0820. The smallest absolute Gasteiger partial charge is 0.253 e. The minimum atomic E-state index is 0.0820. The quantitative estimate of drug-likeness (QED) is 0.840. The van der Waals surface area contributed by atoms with Crippen LogP contribution in [0.15, 0.2) is 24.5 Å². The van der Waals surface area contributed by atoms with E-state index in [1.54, 1.807) is 24.5 Å². The van der Waals surface area contributed by atoms with Gasteiger partial charge < -0.3 is 4.90 Å². The second kappa shape index (κ2) is 5.41. The van der Waals surface area contributed by atoms with Crippen molar-refractivity contribution in [3.05, 3.63) is 30.1 Å². The highest BCUT2D eigenvalue weighted by atomic mass is 16.2. The second-order valence-electron chi connectivity index (χ2n) is 7.40. The highest BCUT2D eigenvalue weighted by Gasteiger charge is 2.44. The molecule has 4 nitrogen and oxygen atoms in total. The summed E-state index contributed by atoms with van der Waals surface area (Å²) in [6, 6.07) is 3.82. The van der Waals surface area contributed by atoms with Gasteiger partial charge in [0.2, 0.25) is 0 Å². The number of piperidine rings is 1. The Morgan fingerprint density at radius 1 is 1.19 bits per heavy atom.